The molecular weight excluding hydrogens is 460 g/mol. The number of carbonyl (C=O) groups is 1. The Labute approximate surface area is 216 Å². The molecule has 8 heteroatoms. The van der Waals surface area contributed by atoms with Gasteiger partial charge < -0.3 is 25.8 Å². The van der Waals surface area contributed by atoms with E-state index in [9.17, 15) is 20.1 Å². The summed E-state index contributed by atoms with van der Waals surface area (Å²) in [6.45, 7) is 10.9. The van der Waals surface area contributed by atoms with Crippen LogP contribution < -0.4 is 5.73 Å². The molecule has 5 N–H and O–H groups in total. The van der Waals surface area contributed by atoms with Gasteiger partial charge in [0.25, 0.3) is 0 Å². The Morgan fingerprint density at radius 1 is 1.11 bits per heavy atom. The number of aliphatic hydroxyl groups is 3. The Hall–Kier alpha value is -1.38. The minimum absolute atomic E-state index is 0.0597. The fourth-order valence-electron chi connectivity index (χ4n) is 9.80. The van der Waals surface area contributed by atoms with Gasteiger partial charge in [-0.05, 0) is 97.7 Å². The van der Waals surface area contributed by atoms with E-state index in [2.05, 4.69) is 32.9 Å². The van der Waals surface area contributed by atoms with E-state index in [1.807, 2.05) is 0 Å². The summed E-state index contributed by atoms with van der Waals surface area (Å²) in [7, 11) is 0. The summed E-state index contributed by atoms with van der Waals surface area (Å²) >= 11 is 0. The second-order valence-corrected chi connectivity index (χ2v) is 12.8. The van der Waals surface area contributed by atoms with Crippen molar-refractivity contribution in [2.24, 2.45) is 63.1 Å². The number of hydrogen-bond donors (Lipinski definition) is 4. The molecule has 4 aliphatic rings. The topological polar surface area (TPSA) is 135 Å². The van der Waals surface area contributed by atoms with Gasteiger partial charge >= 0.3 is 6.16 Å². The maximum absolute atomic E-state index is 11.8. The molecule has 206 valence electrons. The number of aliphatic hydroxyl groups excluding tert-OH is 3. The van der Waals surface area contributed by atoms with Gasteiger partial charge in [-0.15, -0.1) is 0 Å². The predicted molar refractivity (Wildman–Crippen MR) is 137 cm³/mol. The first-order valence-corrected chi connectivity index (χ1v) is 14.2. The van der Waals surface area contributed by atoms with Gasteiger partial charge in [0.15, 0.2) is 0 Å². The molecule has 0 bridgehead atoms. The lowest BCUT2D eigenvalue weighted by molar-refractivity contribution is -0.235. The molecule has 0 radical (unpaired) electrons. The van der Waals surface area contributed by atoms with E-state index in [0.717, 1.165) is 44.9 Å². The fourth-order valence-corrected chi connectivity index (χ4v) is 9.80. The minimum atomic E-state index is -0.860. The van der Waals surface area contributed by atoms with Crippen LogP contribution in [0.2, 0.25) is 0 Å². The highest BCUT2D eigenvalue weighted by Crippen LogP contribution is 2.69. The maximum Gasteiger partial charge on any atom is 0.535 e. The first-order chi connectivity index (χ1) is 17.0. The van der Waals surface area contributed by atoms with Crippen molar-refractivity contribution in [3.05, 3.63) is 0 Å². The lowest BCUT2D eigenvalue weighted by atomic mass is 9.40. The zero-order valence-electron chi connectivity index (χ0n) is 22.7. The zero-order chi connectivity index (χ0) is 26.4. The normalized spacial score (nSPS) is 47.3. The molecule has 12 atom stereocenters. The number of fused-ring (bicyclic) bond motifs is 5. The van der Waals surface area contributed by atoms with Gasteiger partial charge in [-0.2, -0.15) is 0 Å². The molecule has 0 amide bonds. The van der Waals surface area contributed by atoms with E-state index in [-0.39, 0.29) is 59.0 Å². The molecule has 8 nitrogen and oxygen atoms in total. The van der Waals surface area contributed by atoms with Crippen LogP contribution in [0.3, 0.4) is 0 Å². The highest BCUT2D eigenvalue weighted by molar-refractivity contribution is 5.80. The van der Waals surface area contributed by atoms with Crippen LogP contribution in [-0.2, 0) is 9.57 Å². The van der Waals surface area contributed by atoms with Gasteiger partial charge in [-0.3, -0.25) is 4.84 Å². The molecule has 4 fully saturated rings. The number of hydrogen-bond acceptors (Lipinski definition) is 7. The van der Waals surface area contributed by atoms with E-state index in [0.29, 0.717) is 18.3 Å². The van der Waals surface area contributed by atoms with E-state index < -0.39 is 18.4 Å². The summed E-state index contributed by atoms with van der Waals surface area (Å²) in [4.78, 5) is 16.2. The summed E-state index contributed by atoms with van der Waals surface area (Å²) in [6.07, 6.45) is 4.50. The summed E-state index contributed by atoms with van der Waals surface area (Å²) in [5.74, 6) is 1.63. The summed E-state index contributed by atoms with van der Waals surface area (Å²) in [5, 5.41) is 37.8. The number of carbonyl (C=O) groups excluding carboxylic acids is 1. The van der Waals surface area contributed by atoms with Crippen LogP contribution in [0.5, 0.6) is 0 Å². The molecule has 4 aliphatic carbocycles. The highest BCUT2D eigenvalue weighted by Gasteiger charge is 2.67. The minimum Gasteiger partial charge on any atom is -0.433 e. The van der Waals surface area contributed by atoms with Gasteiger partial charge in [0.05, 0.1) is 24.9 Å². The van der Waals surface area contributed by atoms with Crippen molar-refractivity contribution >= 4 is 12.0 Å². The third-order valence-corrected chi connectivity index (χ3v) is 11.1. The molecule has 36 heavy (non-hydrogen) atoms. The average molecular weight is 509 g/mol. The maximum atomic E-state index is 11.8. The number of rotatable bonds is 6. The number of amidine groups is 1. The molecule has 3 unspecified atom stereocenters. The number of oxime groups is 1. The van der Waals surface area contributed by atoms with Crippen LogP contribution in [0.1, 0.15) is 86.0 Å². The molecule has 0 heterocycles. The van der Waals surface area contributed by atoms with Crippen molar-refractivity contribution in [3.63, 3.8) is 0 Å². The molecule has 0 aromatic carbocycles. The Kier molecular flexibility index (Phi) is 8.00. The lowest BCUT2D eigenvalue weighted by Gasteiger charge is -2.66. The molecule has 0 aromatic heterocycles. The third kappa shape index (κ3) is 4.55. The van der Waals surface area contributed by atoms with Crippen molar-refractivity contribution < 1.29 is 29.7 Å². The molecule has 0 saturated heterocycles. The van der Waals surface area contributed by atoms with Crippen molar-refractivity contribution in [1.82, 2.24) is 0 Å². The monoisotopic (exact) mass is 508 g/mol. The Morgan fingerprint density at radius 3 is 2.50 bits per heavy atom. The summed E-state index contributed by atoms with van der Waals surface area (Å²) < 4.78 is 4.74. The molecular formula is C28H48N2O6. The molecule has 0 aliphatic heterocycles. The highest BCUT2D eigenvalue weighted by atomic mass is 16.8. The largest absolute Gasteiger partial charge is 0.535 e. The quantitative estimate of drug-likeness (QED) is 0.140. The molecule has 0 spiro atoms. The predicted octanol–water partition coefficient (Wildman–Crippen LogP) is 4.06. The van der Waals surface area contributed by atoms with Gasteiger partial charge in [0.2, 0.25) is 0 Å². The van der Waals surface area contributed by atoms with Gasteiger partial charge in [-0.1, -0.05) is 39.3 Å². The van der Waals surface area contributed by atoms with Crippen molar-refractivity contribution in [2.45, 2.75) is 104 Å². The standard InChI is InChI=1S/C28H48N2O6/c1-6-17-20-13-16(31)10-11-27(20,4)24-21(32)14-28(5)18(8-9-19(28)23(24)25(17)33)15(3)12-22(29)30-36-26(34)35-7-2/h15-21,23-25,31-33H,6-14H2,1-5H3,(H2,29,30)/t15-,16-,17-,18-,19?,20+,21+,23?,24?,25-,27+,28-/m1/s1. The van der Waals surface area contributed by atoms with E-state index in [1.165, 1.54) is 0 Å². The fraction of sp³-hybridized carbons (Fsp3) is 0.929. The average Bonchev–Trinajstić information content (AvgIpc) is 3.15. The Morgan fingerprint density at radius 2 is 1.83 bits per heavy atom. The smallest absolute Gasteiger partial charge is 0.433 e. The zero-order valence-corrected chi connectivity index (χ0v) is 22.7. The second kappa shape index (κ2) is 10.4. The van der Waals surface area contributed by atoms with Crippen LogP contribution in [0, 0.1) is 52.3 Å². The van der Waals surface area contributed by atoms with Gasteiger partial charge in [0, 0.05) is 6.42 Å². The number of ether oxygens (including phenoxy) is 1. The number of nitrogens with two attached hydrogens (primary N) is 1. The Balaban J connectivity index is 1.56. The SMILES string of the molecule is CCOC(=O)ON=C(N)C[C@@H](C)[C@H]1CCC2C3C([C@@H](O)C[C@@]21C)[C@@]1(C)CC[C@@H](O)C[C@H]1[C@@H](CC)[C@H]3O. The molecule has 4 saturated carbocycles. The summed E-state index contributed by atoms with van der Waals surface area (Å²) in [6, 6.07) is 0. The first-order valence-electron chi connectivity index (χ1n) is 14.2. The van der Waals surface area contributed by atoms with Crippen LogP contribution in [0.4, 0.5) is 4.79 Å². The van der Waals surface area contributed by atoms with Gasteiger partial charge in [-0.25, -0.2) is 4.79 Å². The van der Waals surface area contributed by atoms with Crippen molar-refractivity contribution in [2.75, 3.05) is 6.61 Å². The molecule has 4 rings (SSSR count). The Bertz CT molecular complexity index is 837. The van der Waals surface area contributed by atoms with Crippen LogP contribution in [-0.4, -0.2) is 52.2 Å². The van der Waals surface area contributed by atoms with Crippen molar-refractivity contribution in [1.29, 1.82) is 0 Å². The first kappa shape index (κ1) is 27.6. The molecule has 0 aromatic rings. The van der Waals surface area contributed by atoms with Crippen molar-refractivity contribution in [3.8, 4) is 0 Å². The second-order valence-electron chi connectivity index (χ2n) is 12.8. The van der Waals surface area contributed by atoms with E-state index >= 15 is 0 Å². The summed E-state index contributed by atoms with van der Waals surface area (Å²) in [5.41, 5.74) is 5.93. The van der Waals surface area contributed by atoms with E-state index in [4.69, 9.17) is 15.3 Å². The van der Waals surface area contributed by atoms with E-state index in [1.54, 1.807) is 6.92 Å². The van der Waals surface area contributed by atoms with Crippen LogP contribution in [0.15, 0.2) is 5.16 Å². The van der Waals surface area contributed by atoms with Crippen LogP contribution >= 0.6 is 0 Å². The van der Waals surface area contributed by atoms with Crippen LogP contribution in [0.25, 0.3) is 0 Å². The lowest BCUT2D eigenvalue weighted by Crippen LogP contribution is -2.65. The third-order valence-electron chi connectivity index (χ3n) is 11.1. The van der Waals surface area contributed by atoms with Gasteiger partial charge in [0.1, 0.15) is 5.84 Å². The number of nitrogens with zero attached hydrogens (tertiary/aromatic N) is 1.